The van der Waals surface area contributed by atoms with Crippen LogP contribution >= 0.6 is 0 Å². The molecular weight excluding hydrogens is 503 g/mol. The second kappa shape index (κ2) is 11.3. The Hall–Kier alpha value is -3.84. The molecule has 1 atom stereocenters. The van der Waals surface area contributed by atoms with Gasteiger partial charge in [-0.2, -0.15) is 18.2 Å². The molecule has 0 radical (unpaired) electrons. The van der Waals surface area contributed by atoms with Crippen molar-refractivity contribution in [2.45, 2.75) is 12.2 Å². The van der Waals surface area contributed by atoms with Gasteiger partial charge in [0.2, 0.25) is 17.7 Å². The van der Waals surface area contributed by atoms with Gasteiger partial charge in [-0.1, -0.05) is 47.6 Å². The van der Waals surface area contributed by atoms with E-state index < -0.39 is 18.1 Å². The molecule has 2 saturated heterocycles. The smallest absolute Gasteiger partial charge is 0.378 e. The number of benzene rings is 1. The molecule has 200 valence electrons. The lowest BCUT2D eigenvalue weighted by Gasteiger charge is -2.39. The van der Waals surface area contributed by atoms with E-state index in [1.807, 2.05) is 52.3 Å². The van der Waals surface area contributed by atoms with Crippen molar-refractivity contribution in [3.8, 4) is 11.4 Å². The molecule has 0 bridgehead atoms. The summed E-state index contributed by atoms with van der Waals surface area (Å²) >= 11 is 0. The van der Waals surface area contributed by atoms with Gasteiger partial charge in [-0.25, -0.2) is 9.97 Å². The highest BCUT2D eigenvalue weighted by Crippen LogP contribution is 2.29. The summed E-state index contributed by atoms with van der Waals surface area (Å²) in [4.78, 5) is 31.4. The van der Waals surface area contributed by atoms with Gasteiger partial charge in [0.05, 0.1) is 18.8 Å². The van der Waals surface area contributed by atoms with E-state index in [9.17, 15) is 18.0 Å². The number of carbonyl (C=O) groups excluding carboxylic acids is 1. The van der Waals surface area contributed by atoms with Gasteiger partial charge >= 0.3 is 12.1 Å². The Morgan fingerprint density at radius 2 is 1.66 bits per heavy atom. The van der Waals surface area contributed by atoms with E-state index >= 15 is 0 Å². The summed E-state index contributed by atoms with van der Waals surface area (Å²) in [5.74, 6) is -1.17. The van der Waals surface area contributed by atoms with Gasteiger partial charge in [0.25, 0.3) is 0 Å². The lowest BCUT2D eigenvalue weighted by molar-refractivity contribution is -0.159. The average Bonchev–Trinajstić information content (AvgIpc) is 3.46. The third-order valence-electron chi connectivity index (χ3n) is 6.40. The summed E-state index contributed by atoms with van der Waals surface area (Å²) in [5, 5.41) is 3.36. The first kappa shape index (κ1) is 25.8. The quantitative estimate of drug-likeness (QED) is 0.477. The van der Waals surface area contributed by atoms with Gasteiger partial charge in [-0.05, 0) is 5.56 Å². The number of hydrogen-bond acceptors (Lipinski definition) is 9. The molecular formula is C25H26F3N7O3. The fourth-order valence-corrected chi connectivity index (χ4v) is 4.35. The standard InChI is InChI=1S/C25H26F3N7O3/c26-25(27,28)23-31-21(32-38-23)19-16-29-24(30-17-19)35-10-8-33(9-11-35)20(7-6-18-4-2-1-3-5-18)22(36)34-12-14-37-15-13-34/h1-7,16-17,20H,8-15H2. The highest BCUT2D eigenvalue weighted by molar-refractivity contribution is 5.85. The minimum absolute atomic E-state index is 0.0490. The van der Waals surface area contributed by atoms with E-state index in [4.69, 9.17) is 4.74 Å². The number of morpholine rings is 1. The minimum atomic E-state index is -4.72. The Bertz CT molecular complexity index is 1240. The SMILES string of the molecule is O=C(C(C=Cc1ccccc1)N1CCN(c2ncc(-c3noc(C(F)(F)F)n3)cn2)CC1)N1CCOCC1. The van der Waals surface area contributed by atoms with Crippen LogP contribution in [-0.4, -0.2) is 94.3 Å². The summed E-state index contributed by atoms with van der Waals surface area (Å²) < 4.78 is 47.9. The minimum Gasteiger partial charge on any atom is -0.378 e. The van der Waals surface area contributed by atoms with Crippen LogP contribution in [-0.2, 0) is 15.7 Å². The van der Waals surface area contributed by atoms with Crippen LogP contribution in [0.3, 0.4) is 0 Å². The van der Waals surface area contributed by atoms with Gasteiger partial charge in [0.1, 0.15) is 6.04 Å². The zero-order valence-electron chi connectivity index (χ0n) is 20.4. The molecule has 2 aliphatic heterocycles. The van der Waals surface area contributed by atoms with Crippen LogP contribution in [0.4, 0.5) is 19.1 Å². The number of piperazine rings is 1. The van der Waals surface area contributed by atoms with Gasteiger partial charge in [-0.3, -0.25) is 9.69 Å². The number of alkyl halides is 3. The summed E-state index contributed by atoms with van der Waals surface area (Å²) in [6.07, 6.45) is 1.94. The van der Waals surface area contributed by atoms with E-state index in [2.05, 4.69) is 29.5 Å². The summed E-state index contributed by atoms with van der Waals surface area (Å²) in [6.45, 7) is 4.55. The number of hydrogen-bond donors (Lipinski definition) is 0. The van der Waals surface area contributed by atoms with Crippen molar-refractivity contribution in [3.63, 3.8) is 0 Å². The van der Waals surface area contributed by atoms with Crippen LogP contribution in [0.1, 0.15) is 11.5 Å². The number of halogens is 3. The molecule has 4 heterocycles. The first-order valence-electron chi connectivity index (χ1n) is 12.2. The summed E-state index contributed by atoms with van der Waals surface area (Å²) in [5.41, 5.74) is 1.23. The lowest BCUT2D eigenvalue weighted by Crippen LogP contribution is -2.56. The van der Waals surface area contributed by atoms with Crippen molar-refractivity contribution in [2.24, 2.45) is 0 Å². The van der Waals surface area contributed by atoms with Crippen LogP contribution in [0.5, 0.6) is 0 Å². The molecule has 13 heteroatoms. The molecule has 38 heavy (non-hydrogen) atoms. The van der Waals surface area contributed by atoms with E-state index in [1.54, 1.807) is 0 Å². The number of carbonyl (C=O) groups is 1. The van der Waals surface area contributed by atoms with Crippen LogP contribution in [0.15, 0.2) is 53.3 Å². The third kappa shape index (κ3) is 6.00. The Morgan fingerprint density at radius 1 is 0.974 bits per heavy atom. The van der Waals surface area contributed by atoms with E-state index in [1.165, 1.54) is 12.4 Å². The maximum Gasteiger partial charge on any atom is 0.471 e. The average molecular weight is 530 g/mol. The second-order valence-corrected chi connectivity index (χ2v) is 8.87. The highest BCUT2D eigenvalue weighted by atomic mass is 19.4. The molecule has 1 amide bonds. The van der Waals surface area contributed by atoms with Gasteiger partial charge in [-0.15, -0.1) is 0 Å². The first-order valence-corrected chi connectivity index (χ1v) is 12.2. The monoisotopic (exact) mass is 529 g/mol. The fourth-order valence-electron chi connectivity index (χ4n) is 4.35. The molecule has 5 rings (SSSR count). The number of amides is 1. The predicted octanol–water partition coefficient (Wildman–Crippen LogP) is 2.61. The normalized spacial score (nSPS) is 18.2. The lowest BCUT2D eigenvalue weighted by atomic mass is 10.1. The highest BCUT2D eigenvalue weighted by Gasteiger charge is 2.38. The zero-order chi connectivity index (χ0) is 26.5. The van der Waals surface area contributed by atoms with Crippen LogP contribution in [0, 0.1) is 0 Å². The molecule has 0 spiro atoms. The summed E-state index contributed by atoms with van der Waals surface area (Å²) in [7, 11) is 0. The van der Waals surface area contributed by atoms with E-state index in [-0.39, 0.29) is 17.3 Å². The van der Waals surface area contributed by atoms with E-state index in [0.717, 1.165) is 5.56 Å². The molecule has 0 N–H and O–H groups in total. The van der Waals surface area contributed by atoms with Gasteiger partial charge < -0.3 is 19.1 Å². The van der Waals surface area contributed by atoms with Gasteiger partial charge in [0.15, 0.2) is 0 Å². The van der Waals surface area contributed by atoms with Crippen molar-refractivity contribution in [3.05, 3.63) is 60.3 Å². The van der Waals surface area contributed by atoms with Crippen molar-refractivity contribution < 1.29 is 27.2 Å². The van der Waals surface area contributed by atoms with Crippen LogP contribution in [0.25, 0.3) is 17.5 Å². The number of ether oxygens (including phenoxy) is 1. The zero-order valence-corrected chi connectivity index (χ0v) is 20.4. The Balaban J connectivity index is 1.25. The molecule has 3 aromatic rings. The molecule has 0 saturated carbocycles. The maximum absolute atomic E-state index is 13.5. The Morgan fingerprint density at radius 3 is 2.29 bits per heavy atom. The van der Waals surface area contributed by atoms with Crippen molar-refractivity contribution in [1.29, 1.82) is 0 Å². The number of aromatic nitrogens is 4. The van der Waals surface area contributed by atoms with Crippen molar-refractivity contribution >= 4 is 17.9 Å². The molecule has 2 aromatic heterocycles. The largest absolute Gasteiger partial charge is 0.471 e. The number of anilines is 1. The topological polar surface area (TPSA) is 101 Å². The number of nitrogens with zero attached hydrogens (tertiary/aromatic N) is 7. The first-order chi connectivity index (χ1) is 18.4. The molecule has 0 aliphatic carbocycles. The summed E-state index contributed by atoms with van der Waals surface area (Å²) in [6, 6.07) is 9.42. The fraction of sp³-hybridized carbons (Fsp3) is 0.400. The third-order valence-corrected chi connectivity index (χ3v) is 6.40. The van der Waals surface area contributed by atoms with Crippen molar-refractivity contribution in [1.82, 2.24) is 29.9 Å². The Labute approximate surface area is 216 Å². The molecule has 10 nitrogen and oxygen atoms in total. The Kier molecular flexibility index (Phi) is 7.65. The molecule has 1 unspecified atom stereocenters. The molecule has 2 fully saturated rings. The van der Waals surface area contributed by atoms with Crippen molar-refractivity contribution in [2.75, 3.05) is 57.4 Å². The maximum atomic E-state index is 13.5. The van der Waals surface area contributed by atoms with Crippen LogP contribution < -0.4 is 4.90 Å². The molecule has 1 aromatic carbocycles. The van der Waals surface area contributed by atoms with E-state index in [0.29, 0.717) is 58.4 Å². The number of rotatable bonds is 6. The van der Waals surface area contributed by atoms with Gasteiger partial charge in [0, 0.05) is 51.7 Å². The second-order valence-electron chi connectivity index (χ2n) is 8.87. The van der Waals surface area contributed by atoms with Crippen LogP contribution in [0.2, 0.25) is 0 Å². The predicted molar refractivity (Wildman–Crippen MR) is 131 cm³/mol. The molecule has 2 aliphatic rings.